The molecular weight excluding hydrogens is 172 g/mol. The molecule has 1 aromatic heterocycles. The fourth-order valence-corrected chi connectivity index (χ4v) is 2.60. The highest BCUT2D eigenvalue weighted by Crippen LogP contribution is 2.54. The molecule has 1 aliphatic carbocycles. The molecular formula is C12H18N2. The molecule has 2 heteroatoms. The predicted octanol–water partition coefficient (Wildman–Crippen LogP) is 2.52. The highest BCUT2D eigenvalue weighted by Gasteiger charge is 2.49. The molecule has 0 aromatic carbocycles. The van der Waals surface area contributed by atoms with Crippen molar-refractivity contribution in [1.29, 1.82) is 0 Å². The van der Waals surface area contributed by atoms with E-state index in [1.165, 1.54) is 37.1 Å². The Labute approximate surface area is 85.3 Å². The lowest BCUT2D eigenvalue weighted by molar-refractivity contribution is 0.470. The van der Waals surface area contributed by atoms with Crippen LogP contribution in [-0.4, -0.2) is 9.78 Å². The Hall–Kier alpha value is -0.790. The molecule has 0 unspecified atom stereocenters. The summed E-state index contributed by atoms with van der Waals surface area (Å²) in [5, 5.41) is 4.52. The average molecular weight is 190 g/mol. The molecule has 0 bridgehead atoms. The van der Waals surface area contributed by atoms with Crippen molar-refractivity contribution in [3.8, 4) is 0 Å². The van der Waals surface area contributed by atoms with Gasteiger partial charge in [0.05, 0.1) is 6.20 Å². The molecule has 1 fully saturated rings. The zero-order chi connectivity index (χ0) is 9.97. The van der Waals surface area contributed by atoms with E-state index in [1.807, 2.05) is 0 Å². The van der Waals surface area contributed by atoms with Gasteiger partial charge in [0.1, 0.15) is 0 Å². The molecule has 0 saturated heterocycles. The lowest BCUT2D eigenvalue weighted by Crippen LogP contribution is -2.13. The second-order valence-electron chi connectivity index (χ2n) is 6.09. The SMILES string of the molecule is CC(C)(C)c1cnn2c1CC1(CC1)C2. The average Bonchev–Trinajstić information content (AvgIpc) is 2.46. The lowest BCUT2D eigenvalue weighted by atomic mass is 9.86. The van der Waals surface area contributed by atoms with Crippen LogP contribution in [0.15, 0.2) is 6.20 Å². The molecule has 0 amide bonds. The van der Waals surface area contributed by atoms with E-state index in [0.29, 0.717) is 5.41 Å². The third-order valence-corrected chi connectivity index (χ3v) is 3.74. The third kappa shape index (κ3) is 1.06. The standard InChI is InChI=1S/C12H18N2/c1-11(2,3)9-7-13-14-8-12(4-5-12)6-10(9)14/h7H,4-6,8H2,1-3H3. The summed E-state index contributed by atoms with van der Waals surface area (Å²) in [6, 6.07) is 0. The van der Waals surface area contributed by atoms with Crippen LogP contribution in [0.3, 0.4) is 0 Å². The minimum atomic E-state index is 0.258. The summed E-state index contributed by atoms with van der Waals surface area (Å²) in [5.74, 6) is 0. The molecule has 0 radical (unpaired) electrons. The van der Waals surface area contributed by atoms with Crippen molar-refractivity contribution in [2.75, 3.05) is 0 Å². The Morgan fingerprint density at radius 1 is 1.36 bits per heavy atom. The Balaban J connectivity index is 2.03. The van der Waals surface area contributed by atoms with Crippen LogP contribution in [0.2, 0.25) is 0 Å². The normalized spacial score (nSPS) is 22.8. The van der Waals surface area contributed by atoms with Gasteiger partial charge < -0.3 is 0 Å². The van der Waals surface area contributed by atoms with Gasteiger partial charge in [0, 0.05) is 12.2 Å². The van der Waals surface area contributed by atoms with E-state index in [9.17, 15) is 0 Å². The van der Waals surface area contributed by atoms with Crippen molar-refractivity contribution in [3.63, 3.8) is 0 Å². The first-order valence-electron chi connectivity index (χ1n) is 5.55. The van der Waals surface area contributed by atoms with Crippen LogP contribution in [0.1, 0.15) is 44.9 Å². The van der Waals surface area contributed by atoms with Crippen LogP contribution in [0.25, 0.3) is 0 Å². The molecule has 1 aromatic rings. The van der Waals surface area contributed by atoms with Gasteiger partial charge in [-0.3, -0.25) is 4.68 Å². The first-order chi connectivity index (χ1) is 6.50. The molecule has 0 N–H and O–H groups in total. The lowest BCUT2D eigenvalue weighted by Gasteiger charge is -2.18. The van der Waals surface area contributed by atoms with Crippen LogP contribution in [0, 0.1) is 5.41 Å². The van der Waals surface area contributed by atoms with Gasteiger partial charge in [-0.15, -0.1) is 0 Å². The maximum Gasteiger partial charge on any atom is 0.0530 e. The van der Waals surface area contributed by atoms with Crippen molar-refractivity contribution in [2.24, 2.45) is 5.41 Å². The minimum Gasteiger partial charge on any atom is -0.269 e. The van der Waals surface area contributed by atoms with E-state index >= 15 is 0 Å². The molecule has 1 aliphatic heterocycles. The van der Waals surface area contributed by atoms with Gasteiger partial charge in [0.25, 0.3) is 0 Å². The molecule has 2 heterocycles. The summed E-state index contributed by atoms with van der Waals surface area (Å²) >= 11 is 0. The number of fused-ring (bicyclic) bond motifs is 1. The monoisotopic (exact) mass is 190 g/mol. The van der Waals surface area contributed by atoms with Gasteiger partial charge in [0.15, 0.2) is 0 Å². The number of nitrogens with zero attached hydrogens (tertiary/aromatic N) is 2. The Morgan fingerprint density at radius 3 is 2.64 bits per heavy atom. The van der Waals surface area contributed by atoms with Gasteiger partial charge >= 0.3 is 0 Å². The van der Waals surface area contributed by atoms with E-state index in [4.69, 9.17) is 0 Å². The zero-order valence-electron chi connectivity index (χ0n) is 9.30. The van der Waals surface area contributed by atoms with E-state index < -0.39 is 0 Å². The van der Waals surface area contributed by atoms with E-state index in [2.05, 4.69) is 36.7 Å². The molecule has 2 nitrogen and oxygen atoms in total. The van der Waals surface area contributed by atoms with Crippen molar-refractivity contribution in [1.82, 2.24) is 9.78 Å². The number of aromatic nitrogens is 2. The first kappa shape index (κ1) is 8.51. The van der Waals surface area contributed by atoms with E-state index in [0.717, 1.165) is 0 Å². The summed E-state index contributed by atoms with van der Waals surface area (Å²) in [6.07, 6.45) is 6.18. The smallest absolute Gasteiger partial charge is 0.0530 e. The molecule has 0 atom stereocenters. The quantitative estimate of drug-likeness (QED) is 0.614. The minimum absolute atomic E-state index is 0.258. The molecule has 76 valence electrons. The van der Waals surface area contributed by atoms with Crippen molar-refractivity contribution >= 4 is 0 Å². The predicted molar refractivity (Wildman–Crippen MR) is 56.3 cm³/mol. The van der Waals surface area contributed by atoms with Crippen LogP contribution in [-0.2, 0) is 18.4 Å². The zero-order valence-corrected chi connectivity index (χ0v) is 9.30. The summed E-state index contributed by atoms with van der Waals surface area (Å²) in [4.78, 5) is 0. The van der Waals surface area contributed by atoms with Crippen molar-refractivity contribution in [3.05, 3.63) is 17.5 Å². The molecule has 2 aliphatic rings. The van der Waals surface area contributed by atoms with Crippen molar-refractivity contribution < 1.29 is 0 Å². The van der Waals surface area contributed by atoms with Gasteiger partial charge in [-0.25, -0.2) is 0 Å². The van der Waals surface area contributed by atoms with Crippen LogP contribution < -0.4 is 0 Å². The molecule has 14 heavy (non-hydrogen) atoms. The van der Waals surface area contributed by atoms with Crippen molar-refractivity contribution in [2.45, 2.75) is 52.0 Å². The maximum atomic E-state index is 4.52. The summed E-state index contributed by atoms with van der Waals surface area (Å²) in [7, 11) is 0. The number of hydrogen-bond donors (Lipinski definition) is 0. The Bertz CT molecular complexity index is 378. The van der Waals surface area contributed by atoms with E-state index in [-0.39, 0.29) is 5.41 Å². The highest BCUT2D eigenvalue weighted by molar-refractivity contribution is 5.30. The van der Waals surface area contributed by atoms with Crippen LogP contribution in [0.5, 0.6) is 0 Å². The Kier molecular flexibility index (Phi) is 1.36. The second-order valence-corrected chi connectivity index (χ2v) is 6.09. The molecule has 3 rings (SSSR count). The molecule has 1 spiro atoms. The third-order valence-electron chi connectivity index (χ3n) is 3.74. The van der Waals surface area contributed by atoms with Gasteiger partial charge in [-0.1, -0.05) is 20.8 Å². The summed E-state index contributed by atoms with van der Waals surface area (Å²) in [5.41, 5.74) is 3.87. The maximum absolute atomic E-state index is 4.52. The summed E-state index contributed by atoms with van der Waals surface area (Å²) in [6.45, 7) is 8.02. The fraction of sp³-hybridized carbons (Fsp3) is 0.750. The second kappa shape index (κ2) is 2.23. The van der Waals surface area contributed by atoms with Gasteiger partial charge in [-0.2, -0.15) is 5.10 Å². The Morgan fingerprint density at radius 2 is 2.07 bits per heavy atom. The first-order valence-corrected chi connectivity index (χ1v) is 5.55. The van der Waals surface area contributed by atoms with Gasteiger partial charge in [-0.05, 0) is 35.7 Å². The molecule has 1 saturated carbocycles. The van der Waals surface area contributed by atoms with E-state index in [1.54, 1.807) is 0 Å². The van der Waals surface area contributed by atoms with Crippen LogP contribution >= 0.6 is 0 Å². The number of hydrogen-bond acceptors (Lipinski definition) is 1. The fourth-order valence-electron chi connectivity index (χ4n) is 2.60. The number of rotatable bonds is 0. The largest absolute Gasteiger partial charge is 0.269 e. The van der Waals surface area contributed by atoms with Gasteiger partial charge in [0.2, 0.25) is 0 Å². The highest BCUT2D eigenvalue weighted by atomic mass is 15.3. The topological polar surface area (TPSA) is 17.8 Å². The summed E-state index contributed by atoms with van der Waals surface area (Å²) < 4.78 is 2.24. The van der Waals surface area contributed by atoms with Crippen LogP contribution in [0.4, 0.5) is 0 Å².